The molecule has 23 heavy (non-hydrogen) atoms. The molecular weight excluding hydrogens is 316 g/mol. The Bertz CT molecular complexity index is 650. The van der Waals surface area contributed by atoms with Gasteiger partial charge < -0.3 is 10.1 Å². The lowest BCUT2D eigenvalue weighted by Crippen LogP contribution is -2.44. The molecular formula is C16H26N2O4S. The maximum absolute atomic E-state index is 12.5. The van der Waals surface area contributed by atoms with Crippen LogP contribution in [0.3, 0.4) is 0 Å². The zero-order valence-corrected chi connectivity index (χ0v) is 15.4. The summed E-state index contributed by atoms with van der Waals surface area (Å²) in [5.41, 5.74) is 0.281. The van der Waals surface area contributed by atoms with E-state index in [0.29, 0.717) is 0 Å². The van der Waals surface area contributed by atoms with Gasteiger partial charge in [-0.2, -0.15) is 4.31 Å². The Hall–Kier alpha value is -1.60. The molecule has 1 amide bonds. The van der Waals surface area contributed by atoms with Crippen LogP contribution in [0.25, 0.3) is 0 Å². The number of nitrogens with zero attached hydrogens (tertiary/aromatic N) is 1. The van der Waals surface area contributed by atoms with Gasteiger partial charge in [0.1, 0.15) is 5.60 Å². The largest absolute Gasteiger partial charge is 0.444 e. The topological polar surface area (TPSA) is 75.7 Å². The lowest BCUT2D eigenvalue weighted by atomic mass is 10.2. The van der Waals surface area contributed by atoms with Gasteiger partial charge in [0.05, 0.1) is 4.90 Å². The average molecular weight is 342 g/mol. The van der Waals surface area contributed by atoms with Crippen LogP contribution >= 0.6 is 0 Å². The monoisotopic (exact) mass is 342 g/mol. The highest BCUT2D eigenvalue weighted by Crippen LogP contribution is 2.16. The lowest BCUT2D eigenvalue weighted by Gasteiger charge is -2.24. The van der Waals surface area contributed by atoms with Crippen LogP contribution in [0, 0.1) is 6.92 Å². The summed E-state index contributed by atoms with van der Waals surface area (Å²) in [4.78, 5) is 12.0. The molecule has 0 aromatic heterocycles. The highest BCUT2D eigenvalue weighted by atomic mass is 32.2. The molecule has 0 unspecified atom stereocenters. The first kappa shape index (κ1) is 19.4. The van der Waals surface area contributed by atoms with Crippen LogP contribution in [0.1, 0.15) is 33.3 Å². The van der Waals surface area contributed by atoms with Crippen molar-refractivity contribution in [1.82, 2.24) is 9.62 Å². The van der Waals surface area contributed by atoms with Gasteiger partial charge in [0.2, 0.25) is 10.0 Å². The number of amides is 1. The highest BCUT2D eigenvalue weighted by Gasteiger charge is 2.24. The fourth-order valence-electron chi connectivity index (χ4n) is 1.99. The second-order valence-electron chi connectivity index (χ2n) is 6.65. The van der Waals surface area contributed by atoms with Crippen LogP contribution in [-0.4, -0.2) is 44.1 Å². The Balaban J connectivity index is 2.71. The van der Waals surface area contributed by atoms with Crippen LogP contribution in [0.5, 0.6) is 0 Å². The average Bonchev–Trinajstić information content (AvgIpc) is 2.35. The maximum atomic E-state index is 12.5. The summed E-state index contributed by atoms with van der Waals surface area (Å²) in [6.07, 6.45) is -0.564. The number of nitrogens with one attached hydrogen (secondary N) is 1. The summed E-state index contributed by atoms with van der Waals surface area (Å²) in [5, 5.41) is 2.63. The predicted octanol–water partition coefficient (Wildman–Crippen LogP) is 2.53. The number of carbonyl (C=O) groups is 1. The Morgan fingerprint density at radius 3 is 2.48 bits per heavy atom. The van der Waals surface area contributed by atoms with E-state index >= 15 is 0 Å². The third kappa shape index (κ3) is 6.19. The molecule has 0 heterocycles. The second-order valence-corrected chi connectivity index (χ2v) is 8.69. The molecule has 130 valence electrons. The van der Waals surface area contributed by atoms with E-state index in [1.54, 1.807) is 45.9 Å². The number of likely N-dealkylation sites (N-methyl/N-ethyl adjacent to an activating group) is 1. The van der Waals surface area contributed by atoms with Crippen LogP contribution < -0.4 is 5.32 Å². The first-order valence-corrected chi connectivity index (χ1v) is 8.88. The number of alkyl carbamates (subject to hydrolysis) is 1. The van der Waals surface area contributed by atoms with E-state index in [2.05, 4.69) is 5.32 Å². The summed E-state index contributed by atoms with van der Waals surface area (Å²) in [6.45, 7) is 9.02. The summed E-state index contributed by atoms with van der Waals surface area (Å²) in [5.74, 6) is 0. The standard InChI is InChI=1S/C16H26N2O4S/c1-12-8-7-9-14(10-12)23(20,21)18(6)11-13(2)17-15(19)22-16(3,4)5/h7-10,13H,11H2,1-6H3,(H,17,19)/t13-/m0/s1. The summed E-state index contributed by atoms with van der Waals surface area (Å²) in [7, 11) is -2.10. The summed E-state index contributed by atoms with van der Waals surface area (Å²) in [6, 6.07) is 6.35. The predicted molar refractivity (Wildman–Crippen MR) is 89.8 cm³/mol. The second kappa shape index (κ2) is 7.31. The molecule has 1 N–H and O–H groups in total. The number of aryl methyl sites for hydroxylation is 1. The number of hydrogen-bond acceptors (Lipinski definition) is 4. The molecule has 7 heteroatoms. The van der Waals surface area contributed by atoms with Crippen LogP contribution in [0.15, 0.2) is 29.2 Å². The van der Waals surface area contributed by atoms with E-state index in [1.165, 1.54) is 11.4 Å². The molecule has 1 aromatic rings. The van der Waals surface area contributed by atoms with Crippen molar-refractivity contribution in [2.75, 3.05) is 13.6 Å². The van der Waals surface area contributed by atoms with Crippen molar-refractivity contribution in [3.8, 4) is 0 Å². The van der Waals surface area contributed by atoms with Gasteiger partial charge in [-0.3, -0.25) is 0 Å². The normalized spacial score (nSPS) is 13.7. The van der Waals surface area contributed by atoms with Gasteiger partial charge in [0.15, 0.2) is 0 Å². The molecule has 1 rings (SSSR count). The van der Waals surface area contributed by atoms with Crippen LogP contribution in [0.4, 0.5) is 4.79 Å². The Morgan fingerprint density at radius 1 is 1.35 bits per heavy atom. The molecule has 0 saturated heterocycles. The zero-order chi connectivity index (χ0) is 17.8. The molecule has 0 saturated carbocycles. The molecule has 1 atom stereocenters. The number of hydrogen-bond donors (Lipinski definition) is 1. The summed E-state index contributed by atoms with van der Waals surface area (Å²) >= 11 is 0. The molecule has 0 bridgehead atoms. The molecule has 0 fully saturated rings. The minimum Gasteiger partial charge on any atom is -0.444 e. The number of carbonyl (C=O) groups excluding carboxylic acids is 1. The molecule has 1 aromatic carbocycles. The first-order chi connectivity index (χ1) is 10.4. The minimum atomic E-state index is -3.59. The Morgan fingerprint density at radius 2 is 1.96 bits per heavy atom. The molecule has 0 aliphatic rings. The number of sulfonamides is 1. The summed E-state index contributed by atoms with van der Waals surface area (Å²) < 4.78 is 31.4. The zero-order valence-electron chi connectivity index (χ0n) is 14.6. The first-order valence-electron chi connectivity index (χ1n) is 7.44. The van der Waals surface area contributed by atoms with Gasteiger partial charge in [-0.15, -0.1) is 0 Å². The quantitative estimate of drug-likeness (QED) is 0.892. The van der Waals surface area contributed by atoms with Gasteiger partial charge in [-0.1, -0.05) is 12.1 Å². The van der Waals surface area contributed by atoms with E-state index < -0.39 is 21.7 Å². The van der Waals surface area contributed by atoms with Gasteiger partial charge in [-0.25, -0.2) is 13.2 Å². The van der Waals surface area contributed by atoms with Crippen molar-refractivity contribution in [2.24, 2.45) is 0 Å². The highest BCUT2D eigenvalue weighted by molar-refractivity contribution is 7.89. The van der Waals surface area contributed by atoms with Crippen molar-refractivity contribution < 1.29 is 17.9 Å². The molecule has 0 radical (unpaired) electrons. The van der Waals surface area contributed by atoms with Crippen LogP contribution in [-0.2, 0) is 14.8 Å². The minimum absolute atomic E-state index is 0.148. The van der Waals surface area contributed by atoms with E-state index in [-0.39, 0.29) is 17.5 Å². The van der Waals surface area contributed by atoms with Crippen molar-refractivity contribution in [3.05, 3.63) is 29.8 Å². The van der Waals surface area contributed by atoms with Gasteiger partial charge in [0, 0.05) is 19.6 Å². The van der Waals surface area contributed by atoms with E-state index in [4.69, 9.17) is 4.74 Å². The lowest BCUT2D eigenvalue weighted by molar-refractivity contribution is 0.0504. The number of rotatable bonds is 5. The van der Waals surface area contributed by atoms with Gasteiger partial charge in [-0.05, 0) is 52.3 Å². The van der Waals surface area contributed by atoms with E-state index in [9.17, 15) is 13.2 Å². The third-order valence-corrected chi connectivity index (χ3v) is 4.81. The Labute approximate surface area is 138 Å². The van der Waals surface area contributed by atoms with Crippen molar-refractivity contribution in [2.45, 2.75) is 51.2 Å². The third-order valence-electron chi connectivity index (χ3n) is 2.99. The maximum Gasteiger partial charge on any atom is 0.407 e. The smallest absolute Gasteiger partial charge is 0.407 e. The molecule has 6 nitrogen and oxygen atoms in total. The van der Waals surface area contributed by atoms with Gasteiger partial charge >= 0.3 is 6.09 Å². The van der Waals surface area contributed by atoms with Gasteiger partial charge in [0.25, 0.3) is 0 Å². The molecule has 0 aliphatic heterocycles. The number of ether oxygens (including phenoxy) is 1. The molecule has 0 spiro atoms. The van der Waals surface area contributed by atoms with E-state index in [0.717, 1.165) is 5.56 Å². The van der Waals surface area contributed by atoms with Crippen molar-refractivity contribution >= 4 is 16.1 Å². The molecule has 0 aliphatic carbocycles. The number of benzene rings is 1. The SMILES string of the molecule is Cc1cccc(S(=O)(=O)N(C)C[C@H](C)NC(=O)OC(C)(C)C)c1. The Kier molecular flexibility index (Phi) is 6.18. The van der Waals surface area contributed by atoms with E-state index in [1.807, 2.05) is 13.0 Å². The fourth-order valence-corrected chi connectivity index (χ4v) is 3.36. The fraction of sp³-hybridized carbons (Fsp3) is 0.562. The van der Waals surface area contributed by atoms with Crippen molar-refractivity contribution in [3.63, 3.8) is 0 Å². The van der Waals surface area contributed by atoms with Crippen LogP contribution in [0.2, 0.25) is 0 Å². The van der Waals surface area contributed by atoms with Crippen molar-refractivity contribution in [1.29, 1.82) is 0 Å².